The van der Waals surface area contributed by atoms with Crippen LogP contribution in [0.15, 0.2) is 57.0 Å². The Morgan fingerprint density at radius 1 is 1.06 bits per heavy atom. The van der Waals surface area contributed by atoms with Gasteiger partial charge in [-0.05, 0) is 43.3 Å². The first-order valence-electron chi connectivity index (χ1n) is 10.5. The molecule has 0 atom stereocenters. The number of nitrogens with one attached hydrogen (secondary N) is 1. The van der Waals surface area contributed by atoms with Crippen molar-refractivity contribution in [3.8, 4) is 0 Å². The number of thiol groups is 1. The molecule has 2 aromatic rings. The molecule has 3 N–H and O–H groups in total. The molecule has 1 amide bonds. The van der Waals surface area contributed by atoms with Crippen molar-refractivity contribution in [2.75, 3.05) is 11.5 Å². The van der Waals surface area contributed by atoms with Gasteiger partial charge in [-0.25, -0.2) is 9.59 Å². The summed E-state index contributed by atoms with van der Waals surface area (Å²) in [5.74, 6) is -3.40. The number of carboxylic acid groups (broad SMARTS) is 2. The number of benzene rings is 1. The minimum Gasteiger partial charge on any atom is -0.478 e. The van der Waals surface area contributed by atoms with Crippen LogP contribution in [0.2, 0.25) is 0 Å². The molecule has 0 aliphatic carbocycles. The Kier molecular flexibility index (Phi) is 6.73. The molecular weight excluding hydrogens is 494 g/mol. The van der Waals surface area contributed by atoms with Crippen LogP contribution in [0.1, 0.15) is 34.6 Å². The van der Waals surface area contributed by atoms with E-state index in [1.807, 2.05) is 6.92 Å². The molecule has 0 saturated carbocycles. The summed E-state index contributed by atoms with van der Waals surface area (Å²) in [6.07, 6.45) is 0. The Hall–Kier alpha value is -3.77. The van der Waals surface area contributed by atoms with Gasteiger partial charge in [0, 0.05) is 21.4 Å². The summed E-state index contributed by atoms with van der Waals surface area (Å²) in [5, 5.41) is 34.0. The van der Waals surface area contributed by atoms with Crippen molar-refractivity contribution in [1.82, 2.24) is 5.32 Å². The van der Waals surface area contributed by atoms with Gasteiger partial charge in [-0.15, -0.1) is 0 Å². The van der Waals surface area contributed by atoms with E-state index in [0.29, 0.717) is 0 Å². The second kappa shape index (κ2) is 9.12. The van der Waals surface area contributed by atoms with Crippen molar-refractivity contribution >= 4 is 55.2 Å². The van der Waals surface area contributed by atoms with Crippen molar-refractivity contribution in [3.05, 3.63) is 78.7 Å². The lowest BCUT2D eigenvalue weighted by atomic mass is 10.1. The van der Waals surface area contributed by atoms with Gasteiger partial charge in [-0.1, -0.05) is 42.9 Å². The summed E-state index contributed by atoms with van der Waals surface area (Å²) >= 11 is 0.731. The number of nitro groups is 1. The van der Waals surface area contributed by atoms with Gasteiger partial charge in [-0.3, -0.25) is 19.3 Å². The highest BCUT2D eigenvalue weighted by atomic mass is 32.3. The number of carbonyl (C=O) groups excluding carboxylic acids is 1. The highest BCUT2D eigenvalue weighted by molar-refractivity contribution is 8.58. The number of thiophene rings is 1. The van der Waals surface area contributed by atoms with Crippen LogP contribution < -0.4 is 5.32 Å². The lowest BCUT2D eigenvalue weighted by Gasteiger charge is -2.58. The molecular formula is C23H25N3O7S2. The molecule has 186 valence electrons. The largest absolute Gasteiger partial charge is 0.478 e. The number of nitrogens with zero attached hydrogens (tertiary/aromatic N) is 2. The summed E-state index contributed by atoms with van der Waals surface area (Å²) in [7, 11) is -4.13. The SMILES string of the molecule is C=N[SH]1(CC)(CC)C(NC(=O)c2ccc(C)cc2)=C(C(=O)O)C(C(=O)O)=C1c1ccc([N+](=O)[O-])s1. The van der Waals surface area contributed by atoms with Crippen LogP contribution in [0.25, 0.3) is 4.91 Å². The van der Waals surface area contributed by atoms with Crippen LogP contribution in [-0.2, 0) is 9.59 Å². The molecule has 1 aromatic carbocycles. The van der Waals surface area contributed by atoms with E-state index >= 15 is 0 Å². The number of rotatable bonds is 9. The predicted octanol–water partition coefficient (Wildman–Crippen LogP) is 4.23. The van der Waals surface area contributed by atoms with Gasteiger partial charge in [0.25, 0.3) is 5.91 Å². The van der Waals surface area contributed by atoms with Crippen molar-refractivity contribution < 1.29 is 29.5 Å². The fourth-order valence-corrected chi connectivity index (χ4v) is 11.1. The number of amides is 1. The fraction of sp³-hybridized carbons (Fsp3) is 0.217. The number of carboxylic acids is 2. The Balaban J connectivity index is 2.40. The maximum Gasteiger partial charge on any atom is 0.339 e. The van der Waals surface area contributed by atoms with Gasteiger partial charge >= 0.3 is 16.9 Å². The van der Waals surface area contributed by atoms with Crippen LogP contribution in [0.5, 0.6) is 0 Å². The van der Waals surface area contributed by atoms with E-state index in [-0.39, 0.29) is 36.9 Å². The van der Waals surface area contributed by atoms with Crippen LogP contribution in [0.3, 0.4) is 0 Å². The molecule has 1 aliphatic rings. The first kappa shape index (κ1) is 25.8. The molecule has 0 fully saturated rings. The number of carbonyl (C=O) groups is 3. The smallest absolute Gasteiger partial charge is 0.339 e. The quantitative estimate of drug-likeness (QED) is 0.167. The zero-order valence-corrected chi connectivity index (χ0v) is 21.0. The average molecular weight is 520 g/mol. The number of hydrogen-bond donors (Lipinski definition) is 4. The normalized spacial score (nSPS) is 17.4. The van der Waals surface area contributed by atoms with Gasteiger partial charge in [-0.2, -0.15) is 9.35 Å². The summed E-state index contributed by atoms with van der Waals surface area (Å²) in [6.45, 7) is 9.04. The van der Waals surface area contributed by atoms with Crippen LogP contribution in [0, 0.1) is 17.0 Å². The van der Waals surface area contributed by atoms with Crippen molar-refractivity contribution in [2.45, 2.75) is 20.8 Å². The Bertz CT molecular complexity index is 1340. The lowest BCUT2D eigenvalue weighted by molar-refractivity contribution is -0.380. The zero-order valence-electron chi connectivity index (χ0n) is 19.3. The van der Waals surface area contributed by atoms with Crippen molar-refractivity contribution in [3.63, 3.8) is 0 Å². The third kappa shape index (κ3) is 3.84. The maximum atomic E-state index is 13.2. The second-order valence-electron chi connectivity index (χ2n) is 8.00. The van der Waals surface area contributed by atoms with E-state index in [1.165, 1.54) is 12.1 Å². The highest BCUT2D eigenvalue weighted by Gasteiger charge is 2.56. The molecule has 1 aliphatic heterocycles. The standard InChI is InChI=1S/C23H25N3O7S2/c1-5-35(6-2,24-4)19(15-11-12-16(34-15)26(32)33)17(22(28)29)18(23(30)31)21(35)25-20(27)14-9-7-13(3)8-10-14/h7-12,35H,4-6H2,1-3H3,(H,25,27)(H,28,29)(H,30,31). The average Bonchev–Trinajstić information content (AvgIpc) is 3.40. The minimum absolute atomic E-state index is 0.0817. The predicted molar refractivity (Wildman–Crippen MR) is 138 cm³/mol. The Labute approximate surface area is 205 Å². The minimum atomic E-state index is -4.13. The van der Waals surface area contributed by atoms with Crippen LogP contribution in [0.4, 0.5) is 5.00 Å². The molecule has 0 unspecified atom stereocenters. The molecule has 0 radical (unpaired) electrons. The van der Waals surface area contributed by atoms with Crippen LogP contribution in [-0.4, -0.2) is 51.2 Å². The molecule has 0 bridgehead atoms. The molecule has 2 heterocycles. The molecule has 0 spiro atoms. The first-order valence-corrected chi connectivity index (χ1v) is 13.9. The van der Waals surface area contributed by atoms with Crippen molar-refractivity contribution in [1.29, 1.82) is 0 Å². The third-order valence-corrected chi connectivity index (χ3v) is 14.0. The maximum absolute atomic E-state index is 13.2. The summed E-state index contributed by atoms with van der Waals surface area (Å²) in [4.78, 5) is 49.3. The molecule has 3 rings (SSSR count). The number of aliphatic carboxylic acids is 2. The fourth-order valence-electron chi connectivity index (χ4n) is 4.51. The summed E-state index contributed by atoms with van der Waals surface area (Å²) < 4.78 is 4.47. The van der Waals surface area contributed by atoms with Crippen LogP contribution >= 0.6 is 20.7 Å². The highest BCUT2D eigenvalue weighted by Crippen LogP contribution is 2.87. The zero-order chi connectivity index (χ0) is 26.2. The van der Waals surface area contributed by atoms with Gasteiger partial charge in [0.2, 0.25) is 0 Å². The topological polar surface area (TPSA) is 159 Å². The van der Waals surface area contributed by atoms with Gasteiger partial charge < -0.3 is 15.5 Å². The second-order valence-corrected chi connectivity index (χ2v) is 14.4. The molecule has 1 aromatic heterocycles. The summed E-state index contributed by atoms with van der Waals surface area (Å²) in [6, 6.07) is 9.21. The number of hydrogen-bond acceptors (Lipinski definition) is 7. The number of aryl methyl sites for hydroxylation is 1. The van der Waals surface area contributed by atoms with Gasteiger partial charge in [0.15, 0.2) is 0 Å². The van der Waals surface area contributed by atoms with Gasteiger partial charge in [0.1, 0.15) is 5.57 Å². The van der Waals surface area contributed by atoms with E-state index in [9.17, 15) is 34.7 Å². The van der Waals surface area contributed by atoms with E-state index < -0.39 is 43.3 Å². The molecule has 12 heteroatoms. The van der Waals surface area contributed by atoms with E-state index in [0.717, 1.165) is 16.9 Å². The Morgan fingerprint density at radius 3 is 2.06 bits per heavy atom. The van der Waals surface area contributed by atoms with E-state index in [4.69, 9.17) is 0 Å². The third-order valence-electron chi connectivity index (χ3n) is 6.46. The molecule has 35 heavy (non-hydrogen) atoms. The lowest BCUT2D eigenvalue weighted by Crippen LogP contribution is -2.34. The monoisotopic (exact) mass is 519 g/mol. The molecule has 0 saturated heterocycles. The summed E-state index contributed by atoms with van der Waals surface area (Å²) in [5.41, 5.74) is 0.0385. The molecule has 10 nitrogen and oxygen atoms in total. The van der Waals surface area contributed by atoms with Crippen molar-refractivity contribution in [2.24, 2.45) is 4.40 Å². The van der Waals surface area contributed by atoms with E-state index in [2.05, 4.69) is 16.4 Å². The van der Waals surface area contributed by atoms with Gasteiger partial charge in [0.05, 0.1) is 15.5 Å². The Morgan fingerprint density at radius 2 is 1.63 bits per heavy atom. The first-order chi connectivity index (χ1) is 16.5. The van der Waals surface area contributed by atoms with E-state index in [1.54, 1.807) is 38.1 Å².